The Balaban J connectivity index is 1.33. The van der Waals surface area contributed by atoms with Crippen LogP contribution >= 0.6 is 0 Å². The number of aromatic nitrogens is 4. The summed E-state index contributed by atoms with van der Waals surface area (Å²) in [5.74, 6) is 1.46. The summed E-state index contributed by atoms with van der Waals surface area (Å²) < 4.78 is 1.66. The van der Waals surface area contributed by atoms with E-state index in [9.17, 15) is 9.59 Å². The summed E-state index contributed by atoms with van der Waals surface area (Å²) >= 11 is 0. The van der Waals surface area contributed by atoms with Crippen LogP contribution in [0.3, 0.4) is 0 Å². The number of likely N-dealkylation sites (tertiary alicyclic amines) is 1. The molecule has 0 spiro atoms. The third kappa shape index (κ3) is 3.01. The van der Waals surface area contributed by atoms with Gasteiger partial charge in [-0.3, -0.25) is 9.59 Å². The molecule has 24 heavy (non-hydrogen) atoms. The highest BCUT2D eigenvalue weighted by Gasteiger charge is 2.44. The van der Waals surface area contributed by atoms with Crippen LogP contribution in [0.5, 0.6) is 0 Å². The Labute approximate surface area is 141 Å². The number of aryl methyl sites for hydroxylation is 1. The molecule has 130 valence electrons. The number of carbonyl (C=O) groups is 2. The molecule has 2 bridgehead atoms. The van der Waals surface area contributed by atoms with Gasteiger partial charge >= 0.3 is 0 Å². The second kappa shape index (κ2) is 6.49. The van der Waals surface area contributed by atoms with Gasteiger partial charge in [-0.1, -0.05) is 0 Å². The molecule has 8 heteroatoms. The van der Waals surface area contributed by atoms with Crippen molar-refractivity contribution in [2.75, 3.05) is 19.6 Å². The minimum Gasteiger partial charge on any atom is -0.342 e. The molecule has 0 unspecified atom stereocenters. The maximum Gasteiger partial charge on any atom is 0.222 e. The van der Waals surface area contributed by atoms with Crippen LogP contribution in [-0.4, -0.2) is 67.5 Å². The van der Waals surface area contributed by atoms with Crippen molar-refractivity contribution >= 4 is 11.8 Å². The zero-order chi connectivity index (χ0) is 16.5. The fraction of sp³-hybridized carbons (Fsp3) is 0.812. The van der Waals surface area contributed by atoms with Gasteiger partial charge < -0.3 is 9.80 Å². The van der Waals surface area contributed by atoms with Crippen LogP contribution in [-0.2, 0) is 16.1 Å². The predicted molar refractivity (Wildman–Crippen MR) is 84.6 cm³/mol. The lowest BCUT2D eigenvalue weighted by Gasteiger charge is -2.52. The van der Waals surface area contributed by atoms with E-state index in [-0.39, 0.29) is 5.91 Å². The van der Waals surface area contributed by atoms with Crippen molar-refractivity contribution in [1.82, 2.24) is 30.0 Å². The lowest BCUT2D eigenvalue weighted by molar-refractivity contribution is -0.148. The molecule has 0 aromatic carbocycles. The molecule has 3 fully saturated rings. The van der Waals surface area contributed by atoms with Crippen LogP contribution in [0, 0.1) is 11.8 Å². The molecule has 1 aromatic heterocycles. The third-order valence-corrected chi connectivity index (χ3v) is 5.70. The van der Waals surface area contributed by atoms with E-state index in [1.54, 1.807) is 11.0 Å². The first-order valence-corrected chi connectivity index (χ1v) is 8.98. The molecule has 1 aromatic rings. The monoisotopic (exact) mass is 332 g/mol. The van der Waals surface area contributed by atoms with Crippen molar-refractivity contribution in [3.63, 3.8) is 0 Å². The first-order chi connectivity index (χ1) is 11.7. The Morgan fingerprint density at radius 1 is 1.29 bits per heavy atom. The van der Waals surface area contributed by atoms with Crippen LogP contribution in [0.25, 0.3) is 0 Å². The van der Waals surface area contributed by atoms with E-state index in [0.29, 0.717) is 43.2 Å². The van der Waals surface area contributed by atoms with Crippen LogP contribution < -0.4 is 0 Å². The summed E-state index contributed by atoms with van der Waals surface area (Å²) in [6.45, 7) is 3.13. The smallest absolute Gasteiger partial charge is 0.222 e. The summed E-state index contributed by atoms with van der Waals surface area (Å²) in [5.41, 5.74) is 0. The number of carbonyl (C=O) groups excluding carboxylic acids is 2. The average Bonchev–Trinajstić information content (AvgIpc) is 3.09. The highest BCUT2D eigenvalue weighted by Crippen LogP contribution is 2.38. The molecule has 0 saturated carbocycles. The quantitative estimate of drug-likeness (QED) is 0.792. The molecule has 4 heterocycles. The number of rotatable bonds is 4. The summed E-state index contributed by atoms with van der Waals surface area (Å²) in [5, 5.41) is 11.0. The average molecular weight is 332 g/mol. The van der Waals surface area contributed by atoms with Gasteiger partial charge in [-0.25, -0.2) is 4.68 Å². The number of fused-ring (bicyclic) bond motifs is 4. The number of piperidine rings is 3. The van der Waals surface area contributed by atoms with Gasteiger partial charge in [0.25, 0.3) is 0 Å². The molecular weight excluding hydrogens is 308 g/mol. The van der Waals surface area contributed by atoms with Gasteiger partial charge in [0.2, 0.25) is 11.8 Å². The number of amides is 2. The predicted octanol–water partition coefficient (Wildman–Crippen LogP) is 0.313. The third-order valence-electron chi connectivity index (χ3n) is 5.70. The summed E-state index contributed by atoms with van der Waals surface area (Å²) in [7, 11) is 0. The molecule has 0 radical (unpaired) electrons. The summed E-state index contributed by atoms with van der Waals surface area (Å²) in [6.07, 6.45) is 6.84. The minimum atomic E-state index is 0.230. The molecule has 2 amide bonds. The zero-order valence-electron chi connectivity index (χ0n) is 13.9. The Hall–Kier alpha value is -1.99. The highest BCUT2D eigenvalue weighted by molar-refractivity contribution is 5.78. The Kier molecular flexibility index (Phi) is 4.20. The van der Waals surface area contributed by atoms with Crippen molar-refractivity contribution in [2.45, 2.75) is 51.1 Å². The fourth-order valence-corrected chi connectivity index (χ4v) is 4.65. The first-order valence-electron chi connectivity index (χ1n) is 8.98. The summed E-state index contributed by atoms with van der Waals surface area (Å²) in [6, 6.07) is 0.360. The molecule has 3 aliphatic heterocycles. The SMILES string of the molecule is O=C(CCCn1cnnn1)N1C[C@H]2C[C@@H](C1)[C@H]1CCCC(=O)N1C2. The standard InChI is InChI=1S/C16H24N6O2/c23-15(5-2-6-21-11-17-18-19-21)20-8-12-7-13(10-20)14-3-1-4-16(24)22(14)9-12/h11-14H,1-10H2/t12-,13+,14-/m1/s1. The van der Waals surface area contributed by atoms with Crippen LogP contribution in [0.4, 0.5) is 0 Å². The fourth-order valence-electron chi connectivity index (χ4n) is 4.65. The van der Waals surface area contributed by atoms with Crippen molar-refractivity contribution < 1.29 is 9.59 Å². The Morgan fingerprint density at radius 2 is 2.21 bits per heavy atom. The maximum atomic E-state index is 12.6. The van der Waals surface area contributed by atoms with E-state index in [0.717, 1.165) is 38.9 Å². The molecule has 3 saturated heterocycles. The van der Waals surface area contributed by atoms with E-state index in [4.69, 9.17) is 0 Å². The molecule has 3 atom stereocenters. The van der Waals surface area contributed by atoms with E-state index < -0.39 is 0 Å². The molecule has 4 rings (SSSR count). The van der Waals surface area contributed by atoms with E-state index >= 15 is 0 Å². The van der Waals surface area contributed by atoms with Crippen LogP contribution in [0.15, 0.2) is 6.33 Å². The number of nitrogens with zero attached hydrogens (tertiary/aromatic N) is 6. The van der Waals surface area contributed by atoms with E-state index in [1.807, 2.05) is 4.90 Å². The highest BCUT2D eigenvalue weighted by atomic mass is 16.2. The number of hydrogen-bond donors (Lipinski definition) is 0. The van der Waals surface area contributed by atoms with Gasteiger partial charge in [0, 0.05) is 45.1 Å². The second-order valence-electron chi connectivity index (χ2n) is 7.34. The van der Waals surface area contributed by atoms with Gasteiger partial charge in [-0.15, -0.1) is 5.10 Å². The lowest BCUT2D eigenvalue weighted by Crippen LogP contribution is -2.61. The van der Waals surface area contributed by atoms with Gasteiger partial charge in [0.05, 0.1) is 0 Å². The maximum absolute atomic E-state index is 12.6. The van der Waals surface area contributed by atoms with Crippen molar-refractivity contribution in [3.8, 4) is 0 Å². The largest absolute Gasteiger partial charge is 0.342 e. The summed E-state index contributed by atoms with van der Waals surface area (Å²) in [4.78, 5) is 28.9. The molecule has 8 nitrogen and oxygen atoms in total. The van der Waals surface area contributed by atoms with Crippen molar-refractivity contribution in [2.24, 2.45) is 11.8 Å². The topological polar surface area (TPSA) is 84.2 Å². The Bertz CT molecular complexity index is 604. The minimum absolute atomic E-state index is 0.230. The van der Waals surface area contributed by atoms with Gasteiger partial charge in [0.15, 0.2) is 0 Å². The molecule has 3 aliphatic rings. The first kappa shape index (κ1) is 15.5. The van der Waals surface area contributed by atoms with Crippen LogP contribution in [0.2, 0.25) is 0 Å². The Morgan fingerprint density at radius 3 is 3.04 bits per heavy atom. The van der Waals surface area contributed by atoms with Gasteiger partial charge in [-0.2, -0.15) is 0 Å². The van der Waals surface area contributed by atoms with E-state index in [2.05, 4.69) is 20.4 Å². The molecule has 0 aliphatic carbocycles. The van der Waals surface area contributed by atoms with Crippen molar-refractivity contribution in [3.05, 3.63) is 6.33 Å². The molecule has 0 N–H and O–H groups in total. The van der Waals surface area contributed by atoms with Gasteiger partial charge in [0.1, 0.15) is 6.33 Å². The van der Waals surface area contributed by atoms with Gasteiger partial charge in [-0.05, 0) is 47.9 Å². The van der Waals surface area contributed by atoms with Crippen LogP contribution in [0.1, 0.15) is 38.5 Å². The molecular formula is C16H24N6O2. The van der Waals surface area contributed by atoms with E-state index in [1.165, 1.54) is 6.42 Å². The second-order valence-corrected chi connectivity index (χ2v) is 7.34. The lowest BCUT2D eigenvalue weighted by atomic mass is 9.76. The number of tetrazole rings is 1. The number of hydrogen-bond acceptors (Lipinski definition) is 5. The normalized spacial score (nSPS) is 29.5. The van der Waals surface area contributed by atoms with Crippen molar-refractivity contribution in [1.29, 1.82) is 0 Å². The zero-order valence-corrected chi connectivity index (χ0v) is 13.9.